The van der Waals surface area contributed by atoms with Crippen molar-refractivity contribution in [1.29, 1.82) is 0 Å². The summed E-state index contributed by atoms with van der Waals surface area (Å²) in [5, 5.41) is 2.93. The van der Waals surface area contributed by atoms with Crippen LogP contribution in [0.25, 0.3) is 0 Å². The highest BCUT2D eigenvalue weighted by atomic mass is 127. The molecule has 0 spiro atoms. The molecule has 1 unspecified atom stereocenters. The van der Waals surface area contributed by atoms with Crippen LogP contribution in [-0.2, 0) is 0 Å². The van der Waals surface area contributed by atoms with Gasteiger partial charge in [-0.25, -0.2) is 0 Å². The van der Waals surface area contributed by atoms with Crippen LogP contribution in [0.4, 0.5) is 5.69 Å². The highest BCUT2D eigenvalue weighted by Crippen LogP contribution is 2.25. The molecule has 1 saturated heterocycles. The molecule has 0 aliphatic carbocycles. The predicted octanol–water partition coefficient (Wildman–Crippen LogP) is 4.87. The minimum atomic E-state index is -0.198. The third-order valence-corrected chi connectivity index (χ3v) is 5.48. The van der Waals surface area contributed by atoms with Gasteiger partial charge in [-0.3, -0.25) is 9.59 Å². The molecule has 2 amide bonds. The van der Waals surface area contributed by atoms with E-state index < -0.39 is 0 Å². The highest BCUT2D eigenvalue weighted by molar-refractivity contribution is 14.1. The number of carbonyl (C=O) groups is 2. The van der Waals surface area contributed by atoms with Crippen LogP contribution in [0, 0.1) is 10.5 Å². The number of amides is 2. The lowest BCUT2D eigenvalue weighted by molar-refractivity contribution is 0.0636. The number of hydrogen-bond donors (Lipinski definition) is 1. The Morgan fingerprint density at radius 1 is 1.15 bits per heavy atom. The molecular formula is C21H23IN2O2. The van der Waals surface area contributed by atoms with Gasteiger partial charge in [0.25, 0.3) is 11.8 Å². The number of likely N-dealkylation sites (tertiary alicyclic amines) is 1. The summed E-state index contributed by atoms with van der Waals surface area (Å²) in [5.41, 5.74) is 2.75. The van der Waals surface area contributed by atoms with Gasteiger partial charge in [0.15, 0.2) is 0 Å². The molecule has 3 rings (SSSR count). The number of halogens is 1. The lowest BCUT2D eigenvalue weighted by Gasteiger charge is -2.34. The lowest BCUT2D eigenvalue weighted by Crippen LogP contribution is -2.42. The fraction of sp³-hybridized carbons (Fsp3) is 0.333. The van der Waals surface area contributed by atoms with Crippen molar-refractivity contribution in [2.45, 2.75) is 39.2 Å². The SMILES string of the molecule is Cc1cccc(C(=O)Nc2ccc(I)cc2C(=O)N2CCCCC2C)c1. The summed E-state index contributed by atoms with van der Waals surface area (Å²) in [7, 11) is 0. The fourth-order valence-corrected chi connectivity index (χ4v) is 3.83. The molecule has 1 aliphatic rings. The van der Waals surface area contributed by atoms with Gasteiger partial charge in [0.05, 0.1) is 11.3 Å². The average molecular weight is 462 g/mol. The Morgan fingerprint density at radius 3 is 2.69 bits per heavy atom. The number of rotatable bonds is 3. The molecule has 2 aromatic rings. The largest absolute Gasteiger partial charge is 0.336 e. The van der Waals surface area contributed by atoms with Crippen molar-refractivity contribution >= 4 is 40.1 Å². The monoisotopic (exact) mass is 462 g/mol. The molecule has 1 heterocycles. The van der Waals surface area contributed by atoms with Crippen molar-refractivity contribution in [1.82, 2.24) is 4.90 Å². The molecule has 1 atom stereocenters. The van der Waals surface area contributed by atoms with Gasteiger partial charge in [-0.2, -0.15) is 0 Å². The van der Waals surface area contributed by atoms with E-state index in [1.165, 1.54) is 0 Å². The Morgan fingerprint density at radius 2 is 1.96 bits per heavy atom. The van der Waals surface area contributed by atoms with E-state index >= 15 is 0 Å². The number of anilines is 1. The van der Waals surface area contributed by atoms with Crippen LogP contribution in [0.2, 0.25) is 0 Å². The summed E-state index contributed by atoms with van der Waals surface area (Å²) < 4.78 is 0.976. The van der Waals surface area contributed by atoms with Crippen LogP contribution in [0.1, 0.15) is 52.5 Å². The topological polar surface area (TPSA) is 49.4 Å². The van der Waals surface area contributed by atoms with Crippen molar-refractivity contribution in [3.8, 4) is 0 Å². The van der Waals surface area contributed by atoms with Gasteiger partial charge in [-0.1, -0.05) is 17.7 Å². The first-order valence-corrected chi connectivity index (χ1v) is 10.0. The van der Waals surface area contributed by atoms with E-state index in [9.17, 15) is 9.59 Å². The summed E-state index contributed by atoms with van der Waals surface area (Å²) in [4.78, 5) is 27.7. The van der Waals surface area contributed by atoms with Crippen LogP contribution < -0.4 is 5.32 Å². The lowest BCUT2D eigenvalue weighted by atomic mass is 10.0. The molecule has 1 fully saturated rings. The summed E-state index contributed by atoms with van der Waals surface area (Å²) in [6.45, 7) is 4.82. The van der Waals surface area contributed by atoms with E-state index in [2.05, 4.69) is 34.8 Å². The number of aryl methyl sites for hydroxylation is 1. The third-order valence-electron chi connectivity index (χ3n) is 4.80. The number of nitrogens with zero attached hydrogens (tertiary/aromatic N) is 1. The van der Waals surface area contributed by atoms with Gasteiger partial charge < -0.3 is 10.2 Å². The highest BCUT2D eigenvalue weighted by Gasteiger charge is 2.26. The van der Waals surface area contributed by atoms with E-state index in [-0.39, 0.29) is 17.9 Å². The molecule has 0 bridgehead atoms. The average Bonchev–Trinajstić information content (AvgIpc) is 2.63. The van der Waals surface area contributed by atoms with Crippen LogP contribution in [0.15, 0.2) is 42.5 Å². The van der Waals surface area contributed by atoms with Crippen LogP contribution in [0.5, 0.6) is 0 Å². The molecule has 0 saturated carbocycles. The first-order chi connectivity index (χ1) is 12.5. The zero-order chi connectivity index (χ0) is 18.7. The number of carbonyl (C=O) groups excluding carboxylic acids is 2. The summed E-state index contributed by atoms with van der Waals surface area (Å²) >= 11 is 2.20. The molecule has 2 aromatic carbocycles. The maximum absolute atomic E-state index is 13.1. The van der Waals surface area contributed by atoms with Crippen molar-refractivity contribution in [3.05, 3.63) is 62.7 Å². The van der Waals surface area contributed by atoms with Gasteiger partial charge in [0.1, 0.15) is 0 Å². The number of hydrogen-bond acceptors (Lipinski definition) is 2. The Balaban J connectivity index is 1.88. The standard InChI is InChI=1S/C21H23IN2O2/c1-14-6-5-8-16(12-14)20(25)23-19-10-9-17(22)13-18(19)21(26)24-11-4-3-7-15(24)2/h5-6,8-10,12-13,15H,3-4,7,11H2,1-2H3,(H,23,25). The predicted molar refractivity (Wildman–Crippen MR) is 113 cm³/mol. The van der Waals surface area contributed by atoms with Gasteiger partial charge in [0.2, 0.25) is 0 Å². The molecule has 5 heteroatoms. The first kappa shape index (κ1) is 18.9. The smallest absolute Gasteiger partial charge is 0.256 e. The van der Waals surface area contributed by atoms with E-state index in [1.54, 1.807) is 6.07 Å². The fourth-order valence-electron chi connectivity index (χ4n) is 3.34. The first-order valence-electron chi connectivity index (χ1n) is 8.94. The molecule has 0 radical (unpaired) electrons. The zero-order valence-corrected chi connectivity index (χ0v) is 17.2. The van der Waals surface area contributed by atoms with Crippen molar-refractivity contribution in [3.63, 3.8) is 0 Å². The Hall–Kier alpha value is -1.89. The number of piperidine rings is 1. The second-order valence-electron chi connectivity index (χ2n) is 6.86. The summed E-state index contributed by atoms with van der Waals surface area (Å²) in [5.74, 6) is -0.203. The number of benzene rings is 2. The second kappa shape index (κ2) is 8.20. The molecule has 136 valence electrons. The normalized spacial score (nSPS) is 17.0. The summed E-state index contributed by atoms with van der Waals surface area (Å²) in [6, 6.07) is 13.2. The third kappa shape index (κ3) is 4.26. The van der Waals surface area contributed by atoms with Gasteiger partial charge in [-0.15, -0.1) is 0 Å². The van der Waals surface area contributed by atoms with Gasteiger partial charge >= 0.3 is 0 Å². The van der Waals surface area contributed by atoms with Gasteiger partial charge in [0, 0.05) is 21.7 Å². The van der Waals surface area contributed by atoms with Crippen molar-refractivity contribution < 1.29 is 9.59 Å². The summed E-state index contributed by atoms with van der Waals surface area (Å²) in [6.07, 6.45) is 3.22. The van der Waals surface area contributed by atoms with E-state index in [1.807, 2.05) is 48.2 Å². The molecule has 1 N–H and O–H groups in total. The van der Waals surface area contributed by atoms with Crippen LogP contribution >= 0.6 is 22.6 Å². The molecule has 0 aromatic heterocycles. The van der Waals surface area contributed by atoms with Crippen molar-refractivity contribution in [2.24, 2.45) is 0 Å². The molecular weight excluding hydrogens is 439 g/mol. The minimum Gasteiger partial charge on any atom is -0.336 e. The van der Waals surface area contributed by atoms with E-state index in [0.717, 1.165) is 34.9 Å². The molecule has 26 heavy (non-hydrogen) atoms. The Labute approximate surface area is 168 Å². The zero-order valence-electron chi connectivity index (χ0n) is 15.1. The maximum atomic E-state index is 13.1. The quantitative estimate of drug-likeness (QED) is 0.663. The second-order valence-corrected chi connectivity index (χ2v) is 8.10. The molecule has 4 nitrogen and oxygen atoms in total. The Bertz CT molecular complexity index is 835. The van der Waals surface area contributed by atoms with E-state index in [0.29, 0.717) is 16.8 Å². The maximum Gasteiger partial charge on any atom is 0.256 e. The van der Waals surface area contributed by atoms with E-state index in [4.69, 9.17) is 0 Å². The Kier molecular flexibility index (Phi) is 5.96. The van der Waals surface area contributed by atoms with Gasteiger partial charge in [-0.05, 0) is 86.0 Å². The van der Waals surface area contributed by atoms with Crippen LogP contribution in [0.3, 0.4) is 0 Å². The molecule has 1 aliphatic heterocycles. The number of nitrogens with one attached hydrogen (secondary N) is 1. The van der Waals surface area contributed by atoms with Crippen molar-refractivity contribution in [2.75, 3.05) is 11.9 Å². The van der Waals surface area contributed by atoms with Crippen LogP contribution in [-0.4, -0.2) is 29.3 Å². The minimum absolute atomic E-state index is 0.00439.